The Hall–Kier alpha value is -2.90. The molecule has 0 radical (unpaired) electrons. The molecule has 1 saturated carbocycles. The molecule has 2 heterocycles. The molecule has 3 aromatic rings. The molecule has 4 unspecified atom stereocenters. The van der Waals surface area contributed by atoms with Crippen molar-refractivity contribution in [3.05, 3.63) is 53.2 Å². The van der Waals surface area contributed by atoms with Crippen molar-refractivity contribution in [3.63, 3.8) is 0 Å². The first-order valence-electron chi connectivity index (χ1n) is 9.58. The van der Waals surface area contributed by atoms with Crippen LogP contribution in [-0.4, -0.2) is 38.6 Å². The summed E-state index contributed by atoms with van der Waals surface area (Å²) in [5.41, 5.74) is 9.12. The van der Waals surface area contributed by atoms with Crippen molar-refractivity contribution < 1.29 is 9.90 Å². The van der Waals surface area contributed by atoms with Crippen molar-refractivity contribution in [2.24, 2.45) is 23.5 Å². The Bertz CT molecular complexity index is 1120. The number of nitrogens with zero attached hydrogens (tertiary/aromatic N) is 2. The standard InChI is InChI=1S/C21H20ClN5O2/c22-15-9-24-20-18(17(15)25-16-13-6-5-12(7-13)14(16)8-23)26-19(27-20)10-1-3-11(4-2-10)21(28)29/h1-6,9,12-14,16H,7-8,23H2,(H,28,29)(H2,24,25,26,27). The molecule has 29 heavy (non-hydrogen) atoms. The lowest BCUT2D eigenvalue weighted by atomic mass is 9.89. The monoisotopic (exact) mass is 409 g/mol. The molecular formula is C21H20ClN5O2. The van der Waals surface area contributed by atoms with Crippen molar-refractivity contribution >= 4 is 34.4 Å². The zero-order chi connectivity index (χ0) is 20.1. The SMILES string of the molecule is NCC1C2C=CC(C2)C1Nc1c(Cl)cnc2nc(-c3ccc(C(=O)O)cc3)[nH]c12. The molecule has 1 aromatic carbocycles. The number of nitrogens with two attached hydrogens (primary N) is 1. The molecule has 2 aliphatic rings. The molecule has 7 nitrogen and oxygen atoms in total. The highest BCUT2D eigenvalue weighted by atomic mass is 35.5. The second-order valence-electron chi connectivity index (χ2n) is 7.67. The molecule has 2 aliphatic carbocycles. The fourth-order valence-corrected chi connectivity index (χ4v) is 4.81. The predicted octanol–water partition coefficient (Wildman–Crippen LogP) is 3.54. The van der Waals surface area contributed by atoms with E-state index < -0.39 is 5.97 Å². The van der Waals surface area contributed by atoms with E-state index >= 15 is 0 Å². The van der Waals surface area contributed by atoms with Crippen LogP contribution in [0, 0.1) is 17.8 Å². The van der Waals surface area contributed by atoms with E-state index in [1.165, 1.54) is 0 Å². The normalized spacial score (nSPS) is 25.0. The first-order chi connectivity index (χ1) is 14.0. The van der Waals surface area contributed by atoms with Gasteiger partial charge in [0, 0.05) is 11.6 Å². The summed E-state index contributed by atoms with van der Waals surface area (Å²) >= 11 is 6.50. The number of nitrogens with one attached hydrogen (secondary N) is 2. The van der Waals surface area contributed by atoms with Crippen LogP contribution in [0.3, 0.4) is 0 Å². The van der Waals surface area contributed by atoms with Crippen LogP contribution < -0.4 is 11.1 Å². The smallest absolute Gasteiger partial charge is 0.335 e. The maximum Gasteiger partial charge on any atom is 0.335 e. The Morgan fingerprint density at radius 1 is 1.28 bits per heavy atom. The van der Waals surface area contributed by atoms with Crippen molar-refractivity contribution in [3.8, 4) is 11.4 Å². The average molecular weight is 410 g/mol. The molecule has 8 heteroatoms. The number of imidazole rings is 1. The largest absolute Gasteiger partial charge is 0.478 e. The van der Waals surface area contributed by atoms with Crippen LogP contribution in [-0.2, 0) is 0 Å². The molecule has 0 amide bonds. The first kappa shape index (κ1) is 18.1. The van der Waals surface area contributed by atoms with Gasteiger partial charge in [0.25, 0.3) is 0 Å². The number of halogens is 1. The van der Waals surface area contributed by atoms with Gasteiger partial charge in [-0.2, -0.15) is 0 Å². The van der Waals surface area contributed by atoms with E-state index in [1.807, 2.05) is 0 Å². The highest BCUT2D eigenvalue weighted by molar-refractivity contribution is 6.34. The number of carboxylic acids is 1. The summed E-state index contributed by atoms with van der Waals surface area (Å²) in [5.74, 6) is 0.978. The number of H-pyrrole nitrogens is 1. The lowest BCUT2D eigenvalue weighted by Gasteiger charge is -2.29. The number of aromatic carboxylic acids is 1. The Kier molecular flexibility index (Phi) is 4.29. The second-order valence-corrected chi connectivity index (χ2v) is 8.07. The number of hydrogen-bond donors (Lipinski definition) is 4. The minimum absolute atomic E-state index is 0.222. The zero-order valence-electron chi connectivity index (χ0n) is 15.5. The van der Waals surface area contributed by atoms with Crippen LogP contribution in [0.15, 0.2) is 42.6 Å². The van der Waals surface area contributed by atoms with Crippen molar-refractivity contribution in [2.45, 2.75) is 12.5 Å². The van der Waals surface area contributed by atoms with Gasteiger partial charge in [-0.15, -0.1) is 0 Å². The Labute approximate surface area is 172 Å². The fraction of sp³-hybridized carbons (Fsp3) is 0.286. The molecule has 1 fully saturated rings. The molecule has 2 bridgehead atoms. The summed E-state index contributed by atoms with van der Waals surface area (Å²) in [4.78, 5) is 23.3. The number of anilines is 1. The average Bonchev–Trinajstić information content (AvgIpc) is 3.44. The third-order valence-electron chi connectivity index (χ3n) is 6.08. The summed E-state index contributed by atoms with van der Waals surface area (Å²) in [5, 5.41) is 13.2. The van der Waals surface area contributed by atoms with E-state index in [2.05, 4.69) is 32.4 Å². The topological polar surface area (TPSA) is 117 Å². The van der Waals surface area contributed by atoms with Gasteiger partial charge in [0.05, 0.1) is 22.5 Å². The van der Waals surface area contributed by atoms with Gasteiger partial charge in [0.2, 0.25) is 0 Å². The van der Waals surface area contributed by atoms with E-state index in [1.54, 1.807) is 30.5 Å². The fourth-order valence-electron chi connectivity index (χ4n) is 4.61. The number of allylic oxidation sites excluding steroid dienone is 1. The Morgan fingerprint density at radius 2 is 2.03 bits per heavy atom. The van der Waals surface area contributed by atoms with Gasteiger partial charge in [-0.3, -0.25) is 0 Å². The van der Waals surface area contributed by atoms with Crippen LogP contribution in [0.5, 0.6) is 0 Å². The van der Waals surface area contributed by atoms with E-state index in [-0.39, 0.29) is 11.6 Å². The number of rotatable bonds is 5. The molecule has 0 spiro atoms. The van der Waals surface area contributed by atoms with Gasteiger partial charge in [-0.05, 0) is 42.9 Å². The predicted molar refractivity (Wildman–Crippen MR) is 112 cm³/mol. The highest BCUT2D eigenvalue weighted by Gasteiger charge is 2.44. The van der Waals surface area contributed by atoms with Gasteiger partial charge < -0.3 is 21.1 Å². The highest BCUT2D eigenvalue weighted by Crippen LogP contribution is 2.45. The molecule has 4 atom stereocenters. The van der Waals surface area contributed by atoms with Gasteiger partial charge in [-0.25, -0.2) is 14.8 Å². The molecule has 5 N–H and O–H groups in total. The van der Waals surface area contributed by atoms with Crippen LogP contribution in [0.1, 0.15) is 16.8 Å². The summed E-state index contributed by atoms with van der Waals surface area (Å²) in [7, 11) is 0. The number of carboxylic acid groups (broad SMARTS) is 1. The van der Waals surface area contributed by atoms with Crippen LogP contribution in [0.25, 0.3) is 22.6 Å². The van der Waals surface area contributed by atoms with E-state index in [0.717, 1.165) is 23.2 Å². The van der Waals surface area contributed by atoms with Crippen LogP contribution in [0.2, 0.25) is 5.02 Å². The van der Waals surface area contributed by atoms with Gasteiger partial charge in [0.15, 0.2) is 5.65 Å². The molecule has 2 aromatic heterocycles. The summed E-state index contributed by atoms with van der Waals surface area (Å²) in [6.45, 7) is 0.624. The number of hydrogen-bond acceptors (Lipinski definition) is 5. The second kappa shape index (κ2) is 6.86. The third-order valence-corrected chi connectivity index (χ3v) is 6.37. The number of fused-ring (bicyclic) bond motifs is 3. The van der Waals surface area contributed by atoms with Crippen molar-refractivity contribution in [1.29, 1.82) is 0 Å². The summed E-state index contributed by atoms with van der Waals surface area (Å²) in [6, 6.07) is 6.78. The molecular weight excluding hydrogens is 390 g/mol. The van der Waals surface area contributed by atoms with Gasteiger partial charge in [-0.1, -0.05) is 35.9 Å². The first-order valence-corrected chi connectivity index (χ1v) is 9.96. The summed E-state index contributed by atoms with van der Waals surface area (Å²) < 4.78 is 0. The van der Waals surface area contributed by atoms with Crippen molar-refractivity contribution in [1.82, 2.24) is 15.0 Å². The van der Waals surface area contributed by atoms with Crippen LogP contribution >= 0.6 is 11.6 Å². The number of carbonyl (C=O) groups is 1. The summed E-state index contributed by atoms with van der Waals surface area (Å²) in [6.07, 6.45) is 7.27. The molecule has 0 aliphatic heterocycles. The Morgan fingerprint density at radius 3 is 2.76 bits per heavy atom. The molecule has 0 saturated heterocycles. The number of pyridine rings is 1. The van der Waals surface area contributed by atoms with Gasteiger partial charge >= 0.3 is 5.97 Å². The molecule has 5 rings (SSSR count). The Balaban J connectivity index is 1.52. The molecule has 148 valence electrons. The lowest BCUT2D eigenvalue weighted by molar-refractivity contribution is 0.0697. The quantitative estimate of drug-likeness (QED) is 0.479. The van der Waals surface area contributed by atoms with E-state index in [0.29, 0.717) is 40.8 Å². The van der Waals surface area contributed by atoms with Gasteiger partial charge in [0.1, 0.15) is 11.3 Å². The van der Waals surface area contributed by atoms with Crippen molar-refractivity contribution in [2.75, 3.05) is 11.9 Å². The number of aromatic nitrogens is 3. The maximum atomic E-state index is 11.1. The van der Waals surface area contributed by atoms with E-state index in [9.17, 15) is 4.79 Å². The zero-order valence-corrected chi connectivity index (χ0v) is 16.2. The number of aromatic amines is 1. The minimum atomic E-state index is -0.963. The lowest BCUT2D eigenvalue weighted by Crippen LogP contribution is -2.37. The third kappa shape index (κ3) is 2.97. The minimum Gasteiger partial charge on any atom is -0.478 e. The van der Waals surface area contributed by atoms with Crippen LogP contribution in [0.4, 0.5) is 5.69 Å². The number of benzene rings is 1. The van der Waals surface area contributed by atoms with E-state index in [4.69, 9.17) is 22.4 Å². The maximum absolute atomic E-state index is 11.1.